The molecule has 0 aromatic carbocycles. The molecule has 0 radical (unpaired) electrons. The second-order valence-corrected chi connectivity index (χ2v) is 4.54. The number of nitrogens with zero attached hydrogens (tertiary/aromatic N) is 1. The van der Waals surface area contributed by atoms with Crippen molar-refractivity contribution in [1.29, 1.82) is 0 Å². The van der Waals surface area contributed by atoms with Gasteiger partial charge in [-0.05, 0) is 45.6 Å². The highest BCUT2D eigenvalue weighted by atomic mass is 15.1. The van der Waals surface area contributed by atoms with Gasteiger partial charge >= 0.3 is 0 Å². The number of hydrogen-bond donors (Lipinski definition) is 1. The first-order chi connectivity index (χ1) is 7.85. The monoisotopic (exact) mass is 228 g/mol. The van der Waals surface area contributed by atoms with Crippen molar-refractivity contribution in [2.75, 3.05) is 32.7 Å². The number of hydrogen-bond acceptors (Lipinski definition) is 2. The van der Waals surface area contributed by atoms with Gasteiger partial charge in [-0.1, -0.05) is 46.5 Å². The molecular weight excluding hydrogens is 196 g/mol. The van der Waals surface area contributed by atoms with Gasteiger partial charge in [0.05, 0.1) is 0 Å². The lowest BCUT2D eigenvalue weighted by atomic mass is 10.1. The summed E-state index contributed by atoms with van der Waals surface area (Å²) in [5.41, 5.74) is 0. The SMILES string of the molecule is CCCCCCCNCCCN(CC)CC. The Morgan fingerprint density at radius 2 is 1.38 bits per heavy atom. The van der Waals surface area contributed by atoms with Crippen molar-refractivity contribution in [3.63, 3.8) is 0 Å². The lowest BCUT2D eigenvalue weighted by Gasteiger charge is -2.17. The third-order valence-corrected chi connectivity index (χ3v) is 3.18. The maximum absolute atomic E-state index is 3.54. The van der Waals surface area contributed by atoms with E-state index in [1.165, 1.54) is 71.2 Å². The third kappa shape index (κ3) is 10.4. The van der Waals surface area contributed by atoms with Gasteiger partial charge in [0.15, 0.2) is 0 Å². The van der Waals surface area contributed by atoms with Crippen molar-refractivity contribution in [3.05, 3.63) is 0 Å². The minimum absolute atomic E-state index is 1.18. The van der Waals surface area contributed by atoms with Crippen LogP contribution in [0.3, 0.4) is 0 Å². The van der Waals surface area contributed by atoms with E-state index < -0.39 is 0 Å². The minimum atomic E-state index is 1.18. The molecule has 0 rings (SSSR count). The Bertz CT molecular complexity index is 122. The summed E-state index contributed by atoms with van der Waals surface area (Å²) in [4.78, 5) is 2.49. The van der Waals surface area contributed by atoms with E-state index in [4.69, 9.17) is 0 Å². The molecule has 2 nitrogen and oxygen atoms in total. The minimum Gasteiger partial charge on any atom is -0.317 e. The van der Waals surface area contributed by atoms with Crippen LogP contribution in [-0.2, 0) is 0 Å². The van der Waals surface area contributed by atoms with Gasteiger partial charge in [0.1, 0.15) is 0 Å². The van der Waals surface area contributed by atoms with Gasteiger partial charge in [-0.15, -0.1) is 0 Å². The molecule has 2 heteroatoms. The maximum Gasteiger partial charge on any atom is -0.000687 e. The normalized spacial score (nSPS) is 11.2. The van der Waals surface area contributed by atoms with Crippen LogP contribution in [0.5, 0.6) is 0 Å². The predicted molar refractivity (Wildman–Crippen MR) is 74.0 cm³/mol. The molecule has 0 amide bonds. The van der Waals surface area contributed by atoms with Crippen molar-refractivity contribution in [2.24, 2.45) is 0 Å². The molecule has 0 aliphatic carbocycles. The smallest absolute Gasteiger partial charge is 0.000687 e. The maximum atomic E-state index is 3.54. The molecule has 98 valence electrons. The molecule has 0 saturated carbocycles. The van der Waals surface area contributed by atoms with Crippen molar-refractivity contribution in [3.8, 4) is 0 Å². The van der Waals surface area contributed by atoms with E-state index in [1.54, 1.807) is 0 Å². The molecule has 0 heterocycles. The molecule has 0 spiro atoms. The zero-order valence-corrected chi connectivity index (χ0v) is 11.7. The highest BCUT2D eigenvalue weighted by Gasteiger charge is 1.97. The molecular formula is C14H32N2. The van der Waals surface area contributed by atoms with Crippen molar-refractivity contribution < 1.29 is 0 Å². The van der Waals surface area contributed by atoms with Crippen molar-refractivity contribution in [1.82, 2.24) is 10.2 Å². The second kappa shape index (κ2) is 13.0. The highest BCUT2D eigenvalue weighted by molar-refractivity contribution is 4.55. The van der Waals surface area contributed by atoms with Crippen LogP contribution in [0.1, 0.15) is 59.3 Å². The molecule has 0 aromatic heterocycles. The van der Waals surface area contributed by atoms with Gasteiger partial charge < -0.3 is 10.2 Å². The van der Waals surface area contributed by atoms with Crippen molar-refractivity contribution in [2.45, 2.75) is 59.3 Å². The Morgan fingerprint density at radius 1 is 0.750 bits per heavy atom. The summed E-state index contributed by atoms with van der Waals surface area (Å²) < 4.78 is 0. The fraction of sp³-hybridized carbons (Fsp3) is 1.00. The molecule has 0 bridgehead atoms. The van der Waals surface area contributed by atoms with E-state index in [9.17, 15) is 0 Å². The Kier molecular flexibility index (Phi) is 12.9. The highest BCUT2D eigenvalue weighted by Crippen LogP contribution is 2.01. The first-order valence-electron chi connectivity index (χ1n) is 7.28. The van der Waals surface area contributed by atoms with Crippen LogP contribution < -0.4 is 5.32 Å². The van der Waals surface area contributed by atoms with Crippen LogP contribution in [0.2, 0.25) is 0 Å². The molecule has 0 saturated heterocycles. The Balaban J connectivity index is 3.03. The average Bonchev–Trinajstić information content (AvgIpc) is 2.32. The van der Waals surface area contributed by atoms with Gasteiger partial charge in [-0.3, -0.25) is 0 Å². The van der Waals surface area contributed by atoms with Crippen LogP contribution in [0.4, 0.5) is 0 Å². The summed E-state index contributed by atoms with van der Waals surface area (Å²) in [5.74, 6) is 0. The third-order valence-electron chi connectivity index (χ3n) is 3.18. The molecule has 0 unspecified atom stereocenters. The first-order valence-corrected chi connectivity index (χ1v) is 7.28. The van der Waals surface area contributed by atoms with Crippen LogP contribution in [-0.4, -0.2) is 37.6 Å². The fourth-order valence-electron chi connectivity index (χ4n) is 1.95. The van der Waals surface area contributed by atoms with E-state index >= 15 is 0 Å². The fourth-order valence-corrected chi connectivity index (χ4v) is 1.95. The topological polar surface area (TPSA) is 15.3 Å². The Hall–Kier alpha value is -0.0800. The summed E-state index contributed by atoms with van der Waals surface area (Å²) in [7, 11) is 0. The van der Waals surface area contributed by atoms with Crippen molar-refractivity contribution >= 4 is 0 Å². The summed E-state index contributed by atoms with van der Waals surface area (Å²) in [6.07, 6.45) is 8.20. The first kappa shape index (κ1) is 15.9. The summed E-state index contributed by atoms with van der Waals surface area (Å²) >= 11 is 0. The average molecular weight is 228 g/mol. The summed E-state index contributed by atoms with van der Waals surface area (Å²) in [5, 5.41) is 3.54. The van der Waals surface area contributed by atoms with E-state index in [2.05, 4.69) is 31.0 Å². The van der Waals surface area contributed by atoms with Crippen LogP contribution >= 0.6 is 0 Å². The Labute approximate surface area is 103 Å². The standard InChI is InChI=1S/C14H32N2/c1-4-7-8-9-10-12-15-13-11-14-16(5-2)6-3/h15H,4-14H2,1-3H3. The summed E-state index contributed by atoms with van der Waals surface area (Å²) in [6, 6.07) is 0. The zero-order valence-electron chi connectivity index (χ0n) is 11.7. The summed E-state index contributed by atoms with van der Waals surface area (Å²) in [6.45, 7) is 12.8. The van der Waals surface area contributed by atoms with E-state index in [-0.39, 0.29) is 0 Å². The van der Waals surface area contributed by atoms with Crippen LogP contribution in [0, 0.1) is 0 Å². The lowest BCUT2D eigenvalue weighted by molar-refractivity contribution is 0.298. The van der Waals surface area contributed by atoms with E-state index in [0.717, 1.165) is 0 Å². The van der Waals surface area contributed by atoms with Gasteiger partial charge in [0.2, 0.25) is 0 Å². The predicted octanol–water partition coefficient (Wildman–Crippen LogP) is 3.28. The molecule has 0 aliphatic rings. The van der Waals surface area contributed by atoms with Gasteiger partial charge in [-0.2, -0.15) is 0 Å². The second-order valence-electron chi connectivity index (χ2n) is 4.54. The molecule has 0 aromatic rings. The number of unbranched alkanes of at least 4 members (excludes halogenated alkanes) is 4. The van der Waals surface area contributed by atoms with Gasteiger partial charge in [0.25, 0.3) is 0 Å². The van der Waals surface area contributed by atoms with Gasteiger partial charge in [0, 0.05) is 0 Å². The number of nitrogens with one attached hydrogen (secondary N) is 1. The largest absolute Gasteiger partial charge is 0.317 e. The van der Waals surface area contributed by atoms with Crippen LogP contribution in [0.25, 0.3) is 0 Å². The van der Waals surface area contributed by atoms with Crippen LogP contribution in [0.15, 0.2) is 0 Å². The molecule has 0 aliphatic heterocycles. The van der Waals surface area contributed by atoms with E-state index in [0.29, 0.717) is 0 Å². The number of rotatable bonds is 12. The lowest BCUT2D eigenvalue weighted by Crippen LogP contribution is -2.27. The molecule has 16 heavy (non-hydrogen) atoms. The Morgan fingerprint density at radius 3 is 2.00 bits per heavy atom. The van der Waals surface area contributed by atoms with Gasteiger partial charge in [-0.25, -0.2) is 0 Å². The quantitative estimate of drug-likeness (QED) is 0.516. The molecule has 0 atom stereocenters. The van der Waals surface area contributed by atoms with E-state index in [1.807, 2.05) is 0 Å². The zero-order chi connectivity index (χ0) is 12.1. The molecule has 1 N–H and O–H groups in total. The molecule has 0 fully saturated rings.